The predicted octanol–water partition coefficient (Wildman–Crippen LogP) is 1.41. The molecule has 1 atom stereocenters. The maximum Gasteiger partial charge on any atom is 0.00740 e. The van der Waals surface area contributed by atoms with Crippen molar-refractivity contribution in [2.45, 2.75) is 26.3 Å². The molecule has 13 heavy (non-hydrogen) atoms. The summed E-state index contributed by atoms with van der Waals surface area (Å²) < 4.78 is 0. The van der Waals surface area contributed by atoms with Crippen molar-refractivity contribution in [2.75, 3.05) is 31.1 Å². The van der Waals surface area contributed by atoms with Crippen molar-refractivity contribution in [3.05, 3.63) is 0 Å². The van der Waals surface area contributed by atoms with Crippen molar-refractivity contribution in [1.82, 2.24) is 4.90 Å². The van der Waals surface area contributed by atoms with Gasteiger partial charge in [0, 0.05) is 30.6 Å². The number of thioether (sulfide) groups is 1. The third-order valence-electron chi connectivity index (χ3n) is 2.74. The molecule has 1 aliphatic rings. The Kier molecular flexibility index (Phi) is 5.14. The Hall–Kier alpha value is 0.270. The first-order chi connectivity index (χ1) is 6.20. The largest absolute Gasteiger partial charge is 0.327 e. The van der Waals surface area contributed by atoms with Gasteiger partial charge in [0.1, 0.15) is 0 Å². The first kappa shape index (κ1) is 11.3. The lowest BCUT2D eigenvalue weighted by molar-refractivity contribution is 0.277. The summed E-state index contributed by atoms with van der Waals surface area (Å²) in [6, 6.07) is 0.384. The van der Waals surface area contributed by atoms with Gasteiger partial charge in [0.05, 0.1) is 0 Å². The van der Waals surface area contributed by atoms with E-state index < -0.39 is 0 Å². The van der Waals surface area contributed by atoms with Crippen LogP contribution in [0.15, 0.2) is 0 Å². The van der Waals surface area contributed by atoms with Crippen LogP contribution in [0.5, 0.6) is 0 Å². The van der Waals surface area contributed by atoms with Crippen molar-refractivity contribution in [2.24, 2.45) is 11.7 Å². The van der Waals surface area contributed by atoms with Gasteiger partial charge in [0.2, 0.25) is 0 Å². The van der Waals surface area contributed by atoms with Crippen molar-refractivity contribution in [3.63, 3.8) is 0 Å². The SMILES string of the molecule is CC(C)[C@@H](N)CCN1CCSCC1. The van der Waals surface area contributed by atoms with Crippen LogP contribution in [0.3, 0.4) is 0 Å². The molecule has 0 saturated carbocycles. The van der Waals surface area contributed by atoms with E-state index in [0.29, 0.717) is 12.0 Å². The number of hydrogen-bond donors (Lipinski definition) is 1. The molecule has 2 nitrogen and oxygen atoms in total. The molecule has 0 unspecified atom stereocenters. The Morgan fingerprint density at radius 3 is 2.46 bits per heavy atom. The molecule has 1 aliphatic heterocycles. The fourth-order valence-electron chi connectivity index (χ4n) is 1.49. The van der Waals surface area contributed by atoms with Crippen LogP contribution in [0.1, 0.15) is 20.3 Å². The van der Waals surface area contributed by atoms with Crippen molar-refractivity contribution < 1.29 is 0 Å². The number of rotatable bonds is 4. The Balaban J connectivity index is 2.10. The Labute approximate surface area is 86.2 Å². The second-order valence-electron chi connectivity index (χ2n) is 4.15. The van der Waals surface area contributed by atoms with E-state index in [1.54, 1.807) is 0 Å². The maximum atomic E-state index is 6.00. The minimum atomic E-state index is 0.384. The van der Waals surface area contributed by atoms with Crippen molar-refractivity contribution in [3.8, 4) is 0 Å². The smallest absolute Gasteiger partial charge is 0.00740 e. The Morgan fingerprint density at radius 1 is 1.31 bits per heavy atom. The fraction of sp³-hybridized carbons (Fsp3) is 1.00. The van der Waals surface area contributed by atoms with Crippen molar-refractivity contribution in [1.29, 1.82) is 0 Å². The van der Waals surface area contributed by atoms with E-state index >= 15 is 0 Å². The molecule has 0 amide bonds. The van der Waals surface area contributed by atoms with E-state index in [9.17, 15) is 0 Å². The van der Waals surface area contributed by atoms with Crippen LogP contribution in [0.4, 0.5) is 0 Å². The monoisotopic (exact) mass is 202 g/mol. The highest BCUT2D eigenvalue weighted by molar-refractivity contribution is 7.99. The highest BCUT2D eigenvalue weighted by atomic mass is 32.2. The summed E-state index contributed by atoms with van der Waals surface area (Å²) in [5.41, 5.74) is 6.00. The van der Waals surface area contributed by atoms with Crippen LogP contribution in [-0.4, -0.2) is 42.1 Å². The second kappa shape index (κ2) is 5.89. The minimum Gasteiger partial charge on any atom is -0.327 e. The molecular weight excluding hydrogens is 180 g/mol. The molecule has 0 aromatic heterocycles. The highest BCUT2D eigenvalue weighted by Gasteiger charge is 2.13. The zero-order valence-electron chi connectivity index (χ0n) is 8.83. The quantitative estimate of drug-likeness (QED) is 0.747. The van der Waals surface area contributed by atoms with Crippen LogP contribution >= 0.6 is 11.8 Å². The van der Waals surface area contributed by atoms with Gasteiger partial charge in [0.25, 0.3) is 0 Å². The predicted molar refractivity (Wildman–Crippen MR) is 61.2 cm³/mol. The zero-order chi connectivity index (χ0) is 9.68. The third-order valence-corrected chi connectivity index (χ3v) is 3.68. The number of nitrogens with two attached hydrogens (primary N) is 1. The standard InChI is InChI=1S/C10H22N2S/c1-9(2)10(11)3-4-12-5-7-13-8-6-12/h9-10H,3-8,11H2,1-2H3/t10-/m0/s1. The van der Waals surface area contributed by atoms with Gasteiger partial charge >= 0.3 is 0 Å². The molecule has 0 bridgehead atoms. The molecule has 0 radical (unpaired) electrons. The normalized spacial score (nSPS) is 22.2. The molecule has 3 heteroatoms. The van der Waals surface area contributed by atoms with E-state index in [1.807, 2.05) is 0 Å². The molecule has 0 spiro atoms. The van der Waals surface area contributed by atoms with Gasteiger partial charge < -0.3 is 10.6 Å². The molecule has 78 valence electrons. The topological polar surface area (TPSA) is 29.3 Å². The molecule has 0 aromatic rings. The van der Waals surface area contributed by atoms with E-state index in [2.05, 4.69) is 30.5 Å². The number of nitrogens with zero attached hydrogens (tertiary/aromatic N) is 1. The molecule has 1 saturated heterocycles. The molecule has 1 rings (SSSR count). The van der Waals surface area contributed by atoms with Gasteiger partial charge in [-0.2, -0.15) is 11.8 Å². The fourth-order valence-corrected chi connectivity index (χ4v) is 2.47. The van der Waals surface area contributed by atoms with Gasteiger partial charge in [-0.25, -0.2) is 0 Å². The van der Waals surface area contributed by atoms with E-state index in [1.165, 1.54) is 31.1 Å². The summed E-state index contributed by atoms with van der Waals surface area (Å²) in [4.78, 5) is 2.54. The third kappa shape index (κ3) is 4.34. The highest BCUT2D eigenvalue weighted by Crippen LogP contribution is 2.11. The van der Waals surface area contributed by atoms with Gasteiger partial charge in [-0.05, 0) is 18.9 Å². The van der Waals surface area contributed by atoms with Gasteiger partial charge in [-0.15, -0.1) is 0 Å². The van der Waals surface area contributed by atoms with Crippen molar-refractivity contribution >= 4 is 11.8 Å². The molecule has 1 heterocycles. The molecule has 2 N–H and O–H groups in total. The van der Waals surface area contributed by atoms with Crippen LogP contribution < -0.4 is 5.73 Å². The first-order valence-electron chi connectivity index (χ1n) is 5.26. The zero-order valence-corrected chi connectivity index (χ0v) is 9.65. The average molecular weight is 202 g/mol. The molecular formula is C10H22N2S. The summed E-state index contributed by atoms with van der Waals surface area (Å²) in [5.74, 6) is 3.23. The van der Waals surface area contributed by atoms with Crippen LogP contribution in [0.2, 0.25) is 0 Å². The lowest BCUT2D eigenvalue weighted by Gasteiger charge is -2.27. The Morgan fingerprint density at radius 2 is 1.92 bits per heavy atom. The summed E-state index contributed by atoms with van der Waals surface area (Å²) in [5, 5.41) is 0. The minimum absolute atomic E-state index is 0.384. The molecule has 1 fully saturated rings. The average Bonchev–Trinajstić information content (AvgIpc) is 2.15. The lowest BCUT2D eigenvalue weighted by Crippen LogP contribution is -2.37. The molecule has 0 aromatic carbocycles. The summed E-state index contributed by atoms with van der Waals surface area (Å²) in [7, 11) is 0. The number of hydrogen-bond acceptors (Lipinski definition) is 3. The molecule has 0 aliphatic carbocycles. The van der Waals surface area contributed by atoms with E-state index in [-0.39, 0.29) is 0 Å². The summed E-state index contributed by atoms with van der Waals surface area (Å²) in [6.07, 6.45) is 1.16. The second-order valence-corrected chi connectivity index (χ2v) is 5.38. The summed E-state index contributed by atoms with van der Waals surface area (Å²) >= 11 is 2.07. The maximum absolute atomic E-state index is 6.00. The van der Waals surface area contributed by atoms with Crippen LogP contribution in [0, 0.1) is 5.92 Å². The van der Waals surface area contributed by atoms with Crippen LogP contribution in [-0.2, 0) is 0 Å². The van der Waals surface area contributed by atoms with Gasteiger partial charge in [-0.3, -0.25) is 0 Å². The first-order valence-corrected chi connectivity index (χ1v) is 6.41. The Bertz CT molecular complexity index is 133. The van der Waals surface area contributed by atoms with E-state index in [0.717, 1.165) is 6.42 Å². The van der Waals surface area contributed by atoms with E-state index in [4.69, 9.17) is 5.73 Å². The van der Waals surface area contributed by atoms with Gasteiger partial charge in [0.15, 0.2) is 0 Å². The lowest BCUT2D eigenvalue weighted by atomic mass is 10.0. The summed E-state index contributed by atoms with van der Waals surface area (Å²) in [6.45, 7) is 8.12. The van der Waals surface area contributed by atoms with Crippen LogP contribution in [0.25, 0.3) is 0 Å². The van der Waals surface area contributed by atoms with Gasteiger partial charge in [-0.1, -0.05) is 13.8 Å².